The Balaban J connectivity index is 2.34. The van der Waals surface area contributed by atoms with Gasteiger partial charge in [-0.2, -0.15) is 0 Å². The van der Waals surface area contributed by atoms with Crippen molar-refractivity contribution in [1.82, 2.24) is 5.32 Å². The first kappa shape index (κ1) is 14.2. The number of rotatable bonds is 7. The van der Waals surface area contributed by atoms with Crippen molar-refractivity contribution >= 4 is 11.9 Å². The van der Waals surface area contributed by atoms with Crippen molar-refractivity contribution in [1.29, 1.82) is 0 Å². The van der Waals surface area contributed by atoms with E-state index in [4.69, 9.17) is 9.84 Å². The van der Waals surface area contributed by atoms with Crippen molar-refractivity contribution in [2.75, 3.05) is 7.11 Å². The number of hydrogen-bond donors (Lipinski definition) is 2. The molecular weight excluding hydrogens is 234 g/mol. The molecule has 0 radical (unpaired) electrons. The van der Waals surface area contributed by atoms with Crippen LogP contribution in [0.15, 0.2) is 30.3 Å². The van der Waals surface area contributed by atoms with Gasteiger partial charge in [-0.15, -0.1) is 0 Å². The van der Waals surface area contributed by atoms with Crippen molar-refractivity contribution in [3.8, 4) is 0 Å². The first-order chi connectivity index (χ1) is 8.61. The molecule has 0 heterocycles. The lowest BCUT2D eigenvalue weighted by Gasteiger charge is -2.14. The van der Waals surface area contributed by atoms with E-state index in [1.165, 1.54) is 7.11 Å². The minimum atomic E-state index is -1.01. The molecule has 98 valence electrons. The molecule has 5 heteroatoms. The number of ether oxygens (including phenoxy) is 1. The smallest absolute Gasteiger partial charge is 0.307 e. The number of benzene rings is 1. The predicted octanol–water partition coefficient (Wildman–Crippen LogP) is 1.18. The van der Waals surface area contributed by atoms with Gasteiger partial charge in [-0.25, -0.2) is 0 Å². The van der Waals surface area contributed by atoms with Crippen molar-refractivity contribution in [2.24, 2.45) is 0 Å². The minimum absolute atomic E-state index is 0.216. The van der Waals surface area contributed by atoms with Crippen molar-refractivity contribution in [2.45, 2.75) is 25.5 Å². The van der Waals surface area contributed by atoms with Gasteiger partial charge in [0.15, 0.2) is 0 Å². The highest BCUT2D eigenvalue weighted by Gasteiger charge is 2.14. The van der Waals surface area contributed by atoms with Crippen molar-refractivity contribution < 1.29 is 19.4 Å². The highest BCUT2D eigenvalue weighted by molar-refractivity contribution is 5.77. The summed E-state index contributed by atoms with van der Waals surface area (Å²) in [5, 5.41) is 11.1. The van der Waals surface area contributed by atoms with Crippen LogP contribution in [0.25, 0.3) is 0 Å². The summed E-state index contributed by atoms with van der Waals surface area (Å²) in [4.78, 5) is 22.1. The maximum atomic E-state index is 11.6. The van der Waals surface area contributed by atoms with Gasteiger partial charge in [0.25, 0.3) is 0 Å². The Hall–Kier alpha value is -1.88. The molecule has 2 N–H and O–H groups in total. The summed E-state index contributed by atoms with van der Waals surface area (Å²) in [5.74, 6) is -1.22. The zero-order chi connectivity index (χ0) is 13.4. The minimum Gasteiger partial charge on any atom is -0.481 e. The summed E-state index contributed by atoms with van der Waals surface area (Å²) < 4.78 is 4.87. The van der Waals surface area contributed by atoms with Crippen molar-refractivity contribution in [3.05, 3.63) is 35.9 Å². The first-order valence-electron chi connectivity index (χ1n) is 5.69. The van der Waals surface area contributed by atoms with Gasteiger partial charge in [-0.1, -0.05) is 30.3 Å². The summed E-state index contributed by atoms with van der Waals surface area (Å²) in [6.07, 6.45) is -0.0847. The van der Waals surface area contributed by atoms with Gasteiger partial charge in [0.05, 0.1) is 6.42 Å². The maximum absolute atomic E-state index is 11.6. The van der Waals surface area contributed by atoms with E-state index < -0.39 is 12.2 Å². The van der Waals surface area contributed by atoms with E-state index in [-0.39, 0.29) is 12.3 Å². The van der Waals surface area contributed by atoms with E-state index in [0.717, 1.165) is 5.56 Å². The molecule has 0 saturated carbocycles. The summed E-state index contributed by atoms with van der Waals surface area (Å²) in [7, 11) is 1.37. The Morgan fingerprint density at radius 1 is 1.33 bits per heavy atom. The highest BCUT2D eigenvalue weighted by atomic mass is 16.5. The van der Waals surface area contributed by atoms with Crippen LogP contribution in [0.1, 0.15) is 18.4 Å². The van der Waals surface area contributed by atoms with Crippen LogP contribution < -0.4 is 5.32 Å². The van der Waals surface area contributed by atoms with Gasteiger partial charge in [0, 0.05) is 13.5 Å². The Morgan fingerprint density at radius 3 is 2.56 bits per heavy atom. The fraction of sp³-hybridized carbons (Fsp3) is 0.385. The van der Waals surface area contributed by atoms with Gasteiger partial charge in [-0.3, -0.25) is 9.59 Å². The van der Waals surface area contributed by atoms with Crippen LogP contribution in [0.2, 0.25) is 0 Å². The topological polar surface area (TPSA) is 75.6 Å². The van der Waals surface area contributed by atoms with Gasteiger partial charge < -0.3 is 15.2 Å². The fourth-order valence-electron chi connectivity index (χ4n) is 1.51. The van der Waals surface area contributed by atoms with E-state index in [1.54, 1.807) is 0 Å². The van der Waals surface area contributed by atoms with E-state index in [1.807, 2.05) is 30.3 Å². The molecule has 0 aliphatic rings. The van der Waals surface area contributed by atoms with Crippen LogP contribution in [0.4, 0.5) is 0 Å². The predicted molar refractivity (Wildman–Crippen MR) is 66.0 cm³/mol. The standard InChI is InChI=1S/C13H17NO4/c1-18-12(9-13(16)17)14-11(15)8-7-10-5-3-2-4-6-10/h2-6,12H,7-9H2,1H3,(H,14,15)(H,16,17). The number of carbonyl (C=O) groups excluding carboxylic acids is 1. The quantitative estimate of drug-likeness (QED) is 0.713. The van der Waals surface area contributed by atoms with Gasteiger partial charge >= 0.3 is 5.97 Å². The van der Waals surface area contributed by atoms with Crippen LogP contribution in [0, 0.1) is 0 Å². The molecule has 1 aromatic carbocycles. The molecule has 0 saturated heterocycles. The zero-order valence-corrected chi connectivity index (χ0v) is 10.3. The molecule has 5 nitrogen and oxygen atoms in total. The molecule has 18 heavy (non-hydrogen) atoms. The molecular formula is C13H17NO4. The fourth-order valence-corrected chi connectivity index (χ4v) is 1.51. The number of methoxy groups -OCH3 is 1. The third kappa shape index (κ3) is 5.45. The summed E-state index contributed by atoms with van der Waals surface area (Å²) in [6, 6.07) is 9.62. The second-order valence-corrected chi connectivity index (χ2v) is 3.88. The Bertz CT molecular complexity index is 391. The molecule has 1 aromatic rings. The third-order valence-electron chi connectivity index (χ3n) is 2.45. The second-order valence-electron chi connectivity index (χ2n) is 3.88. The number of hydrogen-bond acceptors (Lipinski definition) is 3. The maximum Gasteiger partial charge on any atom is 0.307 e. The monoisotopic (exact) mass is 251 g/mol. The molecule has 1 unspecified atom stereocenters. The molecule has 0 fully saturated rings. The summed E-state index contributed by atoms with van der Waals surface area (Å²) in [5.41, 5.74) is 1.07. The second kappa shape index (κ2) is 7.45. The number of nitrogens with one attached hydrogen (secondary N) is 1. The number of carboxylic acids is 1. The Labute approximate surface area is 106 Å². The van der Waals surface area contributed by atoms with Crippen LogP contribution >= 0.6 is 0 Å². The normalized spacial score (nSPS) is 11.8. The highest BCUT2D eigenvalue weighted by Crippen LogP contribution is 2.03. The number of amides is 1. The summed E-state index contributed by atoms with van der Waals surface area (Å²) in [6.45, 7) is 0. The molecule has 0 aliphatic heterocycles. The Morgan fingerprint density at radius 2 is 2.00 bits per heavy atom. The van der Waals surface area contributed by atoms with E-state index in [9.17, 15) is 9.59 Å². The van der Waals surface area contributed by atoms with Crippen LogP contribution in [0.5, 0.6) is 0 Å². The lowest BCUT2D eigenvalue weighted by atomic mass is 10.1. The Kier molecular flexibility index (Phi) is 5.87. The number of carboxylic acid groups (broad SMARTS) is 1. The number of aryl methyl sites for hydroxylation is 1. The van der Waals surface area contributed by atoms with Gasteiger partial charge in [0.1, 0.15) is 6.23 Å². The third-order valence-corrected chi connectivity index (χ3v) is 2.45. The lowest BCUT2D eigenvalue weighted by molar-refractivity contribution is -0.141. The molecule has 0 bridgehead atoms. The molecule has 0 aliphatic carbocycles. The molecule has 1 amide bonds. The molecule has 1 atom stereocenters. The van der Waals surface area contributed by atoms with Crippen LogP contribution in [-0.4, -0.2) is 30.3 Å². The van der Waals surface area contributed by atoms with Crippen molar-refractivity contribution in [3.63, 3.8) is 0 Å². The molecule has 0 spiro atoms. The number of aliphatic carboxylic acids is 1. The van der Waals surface area contributed by atoms with E-state index in [0.29, 0.717) is 12.8 Å². The summed E-state index contributed by atoms with van der Waals surface area (Å²) >= 11 is 0. The van der Waals surface area contributed by atoms with Gasteiger partial charge in [0.2, 0.25) is 5.91 Å². The SMILES string of the molecule is COC(CC(=O)O)NC(=O)CCc1ccccc1. The largest absolute Gasteiger partial charge is 0.481 e. The van der Waals surface area contributed by atoms with Crippen LogP contribution in [0.3, 0.4) is 0 Å². The van der Waals surface area contributed by atoms with E-state index in [2.05, 4.69) is 5.32 Å². The average Bonchev–Trinajstić information content (AvgIpc) is 2.36. The zero-order valence-electron chi connectivity index (χ0n) is 10.3. The average molecular weight is 251 g/mol. The lowest BCUT2D eigenvalue weighted by Crippen LogP contribution is -2.37. The molecule has 1 rings (SSSR count). The van der Waals surface area contributed by atoms with E-state index >= 15 is 0 Å². The number of carbonyl (C=O) groups is 2. The van der Waals surface area contributed by atoms with Gasteiger partial charge in [-0.05, 0) is 12.0 Å². The van der Waals surface area contributed by atoms with Crippen LogP contribution in [-0.2, 0) is 20.7 Å². The molecule has 0 aromatic heterocycles. The first-order valence-corrected chi connectivity index (χ1v) is 5.69.